The molecule has 0 bridgehead atoms. The maximum Gasteiger partial charge on any atom is 0.165 e. The summed E-state index contributed by atoms with van der Waals surface area (Å²) in [6.45, 7) is 4.97. The van der Waals surface area contributed by atoms with E-state index in [4.69, 9.17) is 11.6 Å². The predicted octanol–water partition coefficient (Wildman–Crippen LogP) is 4.29. The van der Waals surface area contributed by atoms with Crippen molar-refractivity contribution in [1.82, 2.24) is 14.8 Å². The average molecular weight is 347 g/mol. The summed E-state index contributed by atoms with van der Waals surface area (Å²) in [6.07, 6.45) is 0. The van der Waals surface area contributed by atoms with Crippen molar-refractivity contribution in [3.05, 3.63) is 34.9 Å². The molecule has 19 heavy (non-hydrogen) atoms. The van der Waals surface area contributed by atoms with Crippen molar-refractivity contribution in [3.63, 3.8) is 0 Å². The molecule has 0 aliphatic heterocycles. The third kappa shape index (κ3) is 2.98. The van der Waals surface area contributed by atoms with E-state index in [0.717, 1.165) is 12.4 Å². The molecule has 0 radical (unpaired) electrons. The highest BCUT2D eigenvalue weighted by Gasteiger charge is 2.17. The van der Waals surface area contributed by atoms with E-state index in [-0.39, 0.29) is 5.02 Å². The lowest BCUT2D eigenvalue weighted by molar-refractivity contribution is 0.516. The molecule has 1 heterocycles. The molecule has 0 aliphatic carbocycles. The Morgan fingerprint density at radius 1 is 1.37 bits per heavy atom. The van der Waals surface area contributed by atoms with Gasteiger partial charge in [-0.15, -0.1) is 10.2 Å². The van der Waals surface area contributed by atoms with Gasteiger partial charge in [-0.2, -0.15) is 0 Å². The Hall–Kier alpha value is -0.940. The van der Waals surface area contributed by atoms with Gasteiger partial charge in [0.25, 0.3) is 0 Å². The maximum atomic E-state index is 13.5. The summed E-state index contributed by atoms with van der Waals surface area (Å²) in [5.74, 6) is 1.40. The minimum absolute atomic E-state index is 0.0843. The van der Waals surface area contributed by atoms with E-state index in [0.29, 0.717) is 22.6 Å². The number of hydrogen-bond acceptors (Lipinski definition) is 2. The lowest BCUT2D eigenvalue weighted by Crippen LogP contribution is -2.09. The molecule has 0 amide bonds. The monoisotopic (exact) mass is 345 g/mol. The van der Waals surface area contributed by atoms with Gasteiger partial charge in [-0.1, -0.05) is 47.4 Å². The Morgan fingerprint density at radius 2 is 2.11 bits per heavy atom. The molecule has 102 valence electrons. The third-order valence-corrected chi connectivity index (χ3v) is 3.57. The Balaban J connectivity index is 2.55. The van der Waals surface area contributed by atoms with Gasteiger partial charge < -0.3 is 4.57 Å². The van der Waals surface area contributed by atoms with Gasteiger partial charge in [-0.3, -0.25) is 0 Å². The SMILES string of the molecule is CC(C)Cn1c(CBr)nnc1-c1cccc(F)c1Cl. The summed E-state index contributed by atoms with van der Waals surface area (Å²) in [7, 11) is 0. The molecule has 0 spiro atoms. The Bertz CT molecular complexity index is 583. The molecule has 0 aliphatic rings. The molecule has 0 saturated heterocycles. The van der Waals surface area contributed by atoms with Crippen molar-refractivity contribution in [2.45, 2.75) is 25.7 Å². The lowest BCUT2D eigenvalue weighted by Gasteiger charge is -2.12. The number of benzene rings is 1. The van der Waals surface area contributed by atoms with Crippen LogP contribution < -0.4 is 0 Å². The van der Waals surface area contributed by atoms with E-state index in [9.17, 15) is 4.39 Å². The number of hydrogen-bond donors (Lipinski definition) is 0. The Kier molecular flexibility index (Phi) is 4.58. The number of alkyl halides is 1. The van der Waals surface area contributed by atoms with E-state index in [2.05, 4.69) is 40.0 Å². The molecule has 1 aromatic heterocycles. The zero-order valence-corrected chi connectivity index (χ0v) is 13.0. The van der Waals surface area contributed by atoms with Gasteiger partial charge >= 0.3 is 0 Å². The predicted molar refractivity (Wildman–Crippen MR) is 77.9 cm³/mol. The molecule has 6 heteroatoms. The van der Waals surface area contributed by atoms with E-state index >= 15 is 0 Å². The van der Waals surface area contributed by atoms with Crippen LogP contribution >= 0.6 is 27.5 Å². The van der Waals surface area contributed by atoms with Gasteiger partial charge in [-0.25, -0.2) is 4.39 Å². The highest BCUT2D eigenvalue weighted by molar-refractivity contribution is 9.08. The standard InChI is InChI=1S/C13H14BrClFN3/c1-8(2)7-19-11(6-14)17-18-13(19)9-4-3-5-10(16)12(9)15/h3-5,8H,6-7H2,1-2H3. The number of halogens is 3. The van der Waals surface area contributed by atoms with Crippen LogP contribution in [0.15, 0.2) is 18.2 Å². The first-order valence-corrected chi connectivity index (χ1v) is 7.47. The largest absolute Gasteiger partial charge is 0.310 e. The minimum Gasteiger partial charge on any atom is -0.310 e. The van der Waals surface area contributed by atoms with Crippen LogP contribution in [-0.2, 0) is 11.9 Å². The van der Waals surface area contributed by atoms with Gasteiger partial charge in [0.1, 0.15) is 11.6 Å². The van der Waals surface area contributed by atoms with Crippen LogP contribution in [-0.4, -0.2) is 14.8 Å². The van der Waals surface area contributed by atoms with Crippen molar-refractivity contribution in [3.8, 4) is 11.4 Å². The first-order valence-electron chi connectivity index (χ1n) is 5.97. The highest BCUT2D eigenvalue weighted by atomic mass is 79.9. The summed E-state index contributed by atoms with van der Waals surface area (Å²) < 4.78 is 15.5. The van der Waals surface area contributed by atoms with E-state index in [1.165, 1.54) is 6.07 Å². The van der Waals surface area contributed by atoms with Gasteiger partial charge in [-0.05, 0) is 18.1 Å². The number of rotatable bonds is 4. The van der Waals surface area contributed by atoms with Crippen LogP contribution in [0.3, 0.4) is 0 Å². The molecule has 2 aromatic rings. The molecular formula is C13H14BrClFN3. The summed E-state index contributed by atoms with van der Waals surface area (Å²) in [5.41, 5.74) is 0.571. The van der Waals surface area contributed by atoms with Crippen LogP contribution in [0.2, 0.25) is 5.02 Å². The van der Waals surface area contributed by atoms with Crippen molar-refractivity contribution in [2.24, 2.45) is 5.92 Å². The quantitative estimate of drug-likeness (QED) is 0.773. The van der Waals surface area contributed by atoms with Gasteiger partial charge in [0, 0.05) is 12.1 Å². The highest BCUT2D eigenvalue weighted by Crippen LogP contribution is 2.29. The summed E-state index contributed by atoms with van der Waals surface area (Å²) in [4.78, 5) is 0. The average Bonchev–Trinajstić information content (AvgIpc) is 2.75. The molecular weight excluding hydrogens is 333 g/mol. The minimum atomic E-state index is -0.446. The fourth-order valence-electron chi connectivity index (χ4n) is 1.87. The number of aromatic nitrogens is 3. The van der Waals surface area contributed by atoms with Gasteiger partial charge in [0.15, 0.2) is 5.82 Å². The Labute approximate surface area is 124 Å². The third-order valence-electron chi connectivity index (χ3n) is 2.69. The second kappa shape index (κ2) is 6.01. The molecule has 0 fully saturated rings. The van der Waals surface area contributed by atoms with E-state index < -0.39 is 5.82 Å². The lowest BCUT2D eigenvalue weighted by atomic mass is 10.2. The fourth-order valence-corrected chi connectivity index (χ4v) is 2.49. The van der Waals surface area contributed by atoms with E-state index in [1.807, 2.05) is 4.57 Å². The second-order valence-corrected chi connectivity index (χ2v) is 5.62. The van der Waals surface area contributed by atoms with Crippen LogP contribution in [0, 0.1) is 11.7 Å². The molecule has 2 rings (SSSR count). The van der Waals surface area contributed by atoms with Gasteiger partial charge in [0.05, 0.1) is 10.4 Å². The molecule has 0 saturated carbocycles. The first-order chi connectivity index (χ1) is 9.04. The van der Waals surface area contributed by atoms with E-state index in [1.54, 1.807) is 12.1 Å². The summed E-state index contributed by atoms with van der Waals surface area (Å²) in [5, 5.41) is 8.95. The topological polar surface area (TPSA) is 30.7 Å². The number of nitrogens with zero attached hydrogens (tertiary/aromatic N) is 3. The Morgan fingerprint density at radius 3 is 2.74 bits per heavy atom. The molecule has 0 atom stereocenters. The molecule has 3 nitrogen and oxygen atoms in total. The smallest absolute Gasteiger partial charge is 0.165 e. The molecule has 0 unspecified atom stereocenters. The first kappa shape index (κ1) is 14.5. The fraction of sp³-hybridized carbons (Fsp3) is 0.385. The zero-order chi connectivity index (χ0) is 14.0. The van der Waals surface area contributed by atoms with Crippen molar-refractivity contribution >= 4 is 27.5 Å². The normalized spacial score (nSPS) is 11.3. The van der Waals surface area contributed by atoms with Crippen molar-refractivity contribution in [1.29, 1.82) is 0 Å². The van der Waals surface area contributed by atoms with Gasteiger partial charge in [0.2, 0.25) is 0 Å². The van der Waals surface area contributed by atoms with Crippen LogP contribution in [0.5, 0.6) is 0 Å². The van der Waals surface area contributed by atoms with Crippen molar-refractivity contribution < 1.29 is 4.39 Å². The van der Waals surface area contributed by atoms with Crippen LogP contribution in [0.4, 0.5) is 4.39 Å². The van der Waals surface area contributed by atoms with Crippen LogP contribution in [0.1, 0.15) is 19.7 Å². The maximum absolute atomic E-state index is 13.5. The molecule has 0 N–H and O–H groups in total. The summed E-state index contributed by atoms with van der Waals surface area (Å²) >= 11 is 9.41. The summed E-state index contributed by atoms with van der Waals surface area (Å²) in [6, 6.07) is 4.71. The van der Waals surface area contributed by atoms with Crippen LogP contribution in [0.25, 0.3) is 11.4 Å². The zero-order valence-electron chi connectivity index (χ0n) is 10.7. The van der Waals surface area contributed by atoms with Crippen molar-refractivity contribution in [2.75, 3.05) is 0 Å². The second-order valence-electron chi connectivity index (χ2n) is 4.68. The molecule has 1 aromatic carbocycles.